The van der Waals surface area contributed by atoms with Gasteiger partial charge in [-0.1, -0.05) is 12.1 Å². The lowest BCUT2D eigenvalue weighted by Crippen LogP contribution is -2.45. The number of hydrogen-bond acceptors (Lipinski definition) is 3. The zero-order chi connectivity index (χ0) is 13.1. The first-order chi connectivity index (χ1) is 8.58. The third-order valence-corrected chi connectivity index (χ3v) is 3.87. The van der Waals surface area contributed by atoms with Crippen LogP contribution in [0.1, 0.15) is 31.4 Å². The maximum atomic E-state index is 9.52. The Kier molecular flexibility index (Phi) is 4.25. The number of aliphatic hydroxyl groups excluding tert-OH is 1. The van der Waals surface area contributed by atoms with E-state index in [2.05, 4.69) is 36.0 Å². The summed E-state index contributed by atoms with van der Waals surface area (Å²) in [6, 6.07) is 8.95. The molecule has 0 aliphatic carbocycles. The quantitative estimate of drug-likeness (QED) is 0.889. The molecule has 3 heteroatoms. The van der Waals surface area contributed by atoms with Gasteiger partial charge in [-0.15, -0.1) is 0 Å². The highest BCUT2D eigenvalue weighted by Crippen LogP contribution is 2.23. The van der Waals surface area contributed by atoms with Gasteiger partial charge in [-0.05, 0) is 51.6 Å². The van der Waals surface area contributed by atoms with Gasteiger partial charge in [0, 0.05) is 24.8 Å². The molecule has 3 nitrogen and oxygen atoms in total. The summed E-state index contributed by atoms with van der Waals surface area (Å²) in [6.45, 7) is 4.04. The predicted molar refractivity (Wildman–Crippen MR) is 76.0 cm³/mol. The molecular weight excluding hydrogens is 224 g/mol. The Morgan fingerprint density at radius 2 is 1.94 bits per heavy atom. The van der Waals surface area contributed by atoms with Crippen molar-refractivity contribution in [3.8, 4) is 0 Å². The van der Waals surface area contributed by atoms with Gasteiger partial charge in [0.25, 0.3) is 0 Å². The van der Waals surface area contributed by atoms with Gasteiger partial charge >= 0.3 is 0 Å². The van der Waals surface area contributed by atoms with Crippen molar-refractivity contribution >= 4 is 5.69 Å². The minimum atomic E-state index is -0.380. The number of likely N-dealkylation sites (N-methyl/N-ethyl adjacent to an activating group) is 1. The molecule has 1 N–H and O–H groups in total. The Morgan fingerprint density at radius 1 is 1.28 bits per heavy atom. The van der Waals surface area contributed by atoms with Crippen LogP contribution in [-0.2, 0) is 0 Å². The average molecular weight is 248 g/mol. The first-order valence-corrected chi connectivity index (χ1v) is 6.77. The molecule has 0 amide bonds. The van der Waals surface area contributed by atoms with Crippen LogP contribution in [0.15, 0.2) is 24.3 Å². The lowest BCUT2D eigenvalue weighted by Gasteiger charge is -2.37. The second kappa shape index (κ2) is 5.72. The summed E-state index contributed by atoms with van der Waals surface area (Å²) in [5.41, 5.74) is 2.26. The lowest BCUT2D eigenvalue weighted by atomic mass is 10.0. The Labute approximate surface area is 110 Å². The maximum absolute atomic E-state index is 9.52. The highest BCUT2D eigenvalue weighted by molar-refractivity contribution is 5.48. The molecule has 0 bridgehead atoms. The van der Waals surface area contributed by atoms with Gasteiger partial charge in [0.1, 0.15) is 0 Å². The molecule has 0 radical (unpaired) electrons. The lowest BCUT2D eigenvalue weighted by molar-refractivity contribution is 0.199. The van der Waals surface area contributed by atoms with Crippen LogP contribution in [0, 0.1) is 0 Å². The van der Waals surface area contributed by atoms with E-state index in [1.807, 2.05) is 12.1 Å². The van der Waals surface area contributed by atoms with E-state index in [4.69, 9.17) is 0 Å². The van der Waals surface area contributed by atoms with Crippen LogP contribution in [0.2, 0.25) is 0 Å². The third-order valence-electron chi connectivity index (χ3n) is 3.87. The Hall–Kier alpha value is -1.06. The van der Waals surface area contributed by atoms with E-state index >= 15 is 0 Å². The maximum Gasteiger partial charge on any atom is 0.0761 e. The first-order valence-electron chi connectivity index (χ1n) is 6.77. The Morgan fingerprint density at radius 3 is 2.50 bits per heavy atom. The molecule has 2 atom stereocenters. The number of nitrogens with zero attached hydrogens (tertiary/aromatic N) is 2. The monoisotopic (exact) mass is 248 g/mol. The van der Waals surface area contributed by atoms with Crippen LogP contribution in [0.5, 0.6) is 0 Å². The van der Waals surface area contributed by atoms with Crippen molar-refractivity contribution in [2.45, 2.75) is 31.9 Å². The van der Waals surface area contributed by atoms with Gasteiger partial charge in [-0.2, -0.15) is 0 Å². The van der Waals surface area contributed by atoms with Crippen molar-refractivity contribution < 1.29 is 5.11 Å². The number of anilines is 1. The highest BCUT2D eigenvalue weighted by Gasteiger charge is 2.21. The first kappa shape index (κ1) is 13.4. The summed E-state index contributed by atoms with van der Waals surface area (Å²) >= 11 is 0. The molecule has 18 heavy (non-hydrogen) atoms. The van der Waals surface area contributed by atoms with Crippen molar-refractivity contribution in [1.29, 1.82) is 0 Å². The van der Waals surface area contributed by atoms with E-state index in [1.165, 1.54) is 18.5 Å². The smallest absolute Gasteiger partial charge is 0.0761 e. The molecular formula is C15H24N2O. The molecule has 100 valence electrons. The molecule has 1 saturated heterocycles. The number of aliphatic hydroxyl groups is 1. The summed E-state index contributed by atoms with van der Waals surface area (Å²) in [5.74, 6) is 0. The van der Waals surface area contributed by atoms with Crippen LogP contribution < -0.4 is 4.90 Å². The van der Waals surface area contributed by atoms with Crippen LogP contribution >= 0.6 is 0 Å². The SMILES string of the molecule is C[C@@H](O)c1ccc(N2CCCC(N(C)C)C2)cc1. The fourth-order valence-electron chi connectivity index (χ4n) is 2.57. The summed E-state index contributed by atoms with van der Waals surface area (Å²) < 4.78 is 0. The third kappa shape index (κ3) is 3.03. The number of hydrogen-bond donors (Lipinski definition) is 1. The van der Waals surface area contributed by atoms with E-state index in [1.54, 1.807) is 6.92 Å². The normalized spacial score (nSPS) is 22.3. The van der Waals surface area contributed by atoms with Crippen LogP contribution in [0.3, 0.4) is 0 Å². The average Bonchev–Trinajstić information content (AvgIpc) is 2.39. The van der Waals surface area contributed by atoms with E-state index < -0.39 is 0 Å². The van der Waals surface area contributed by atoms with Gasteiger partial charge in [0.05, 0.1) is 6.10 Å². The van der Waals surface area contributed by atoms with Crippen molar-refractivity contribution in [2.75, 3.05) is 32.1 Å². The van der Waals surface area contributed by atoms with Crippen molar-refractivity contribution in [3.05, 3.63) is 29.8 Å². The molecule has 1 heterocycles. The largest absolute Gasteiger partial charge is 0.389 e. The van der Waals surface area contributed by atoms with Crippen molar-refractivity contribution in [2.24, 2.45) is 0 Å². The topological polar surface area (TPSA) is 26.7 Å². The predicted octanol–water partition coefficient (Wildman–Crippen LogP) is 2.27. The molecule has 1 aromatic carbocycles. The van der Waals surface area contributed by atoms with Crippen molar-refractivity contribution in [1.82, 2.24) is 4.90 Å². The minimum Gasteiger partial charge on any atom is -0.389 e. The van der Waals surface area contributed by atoms with Gasteiger partial charge in [-0.3, -0.25) is 0 Å². The van der Waals surface area contributed by atoms with Gasteiger partial charge in [-0.25, -0.2) is 0 Å². The summed E-state index contributed by atoms with van der Waals surface area (Å²) in [4.78, 5) is 4.76. The molecule has 1 aliphatic heterocycles. The zero-order valence-electron chi connectivity index (χ0n) is 11.6. The second-order valence-electron chi connectivity index (χ2n) is 5.47. The number of piperidine rings is 1. The van der Waals surface area contributed by atoms with Gasteiger partial charge in [0.2, 0.25) is 0 Å². The minimum absolute atomic E-state index is 0.380. The molecule has 1 aliphatic rings. The second-order valence-corrected chi connectivity index (χ2v) is 5.47. The van der Waals surface area contributed by atoms with Crippen LogP contribution in [-0.4, -0.2) is 43.2 Å². The van der Waals surface area contributed by atoms with E-state index in [-0.39, 0.29) is 6.10 Å². The van der Waals surface area contributed by atoms with Gasteiger partial charge in [0.15, 0.2) is 0 Å². The zero-order valence-corrected chi connectivity index (χ0v) is 11.6. The number of benzene rings is 1. The molecule has 1 unspecified atom stereocenters. The standard InChI is InChI=1S/C15H24N2O/c1-12(18)13-6-8-14(9-7-13)17-10-4-5-15(11-17)16(2)3/h6-9,12,15,18H,4-5,10-11H2,1-3H3/t12-,15?/m1/s1. The van der Waals surface area contributed by atoms with Crippen LogP contribution in [0.4, 0.5) is 5.69 Å². The fourth-order valence-corrected chi connectivity index (χ4v) is 2.57. The van der Waals surface area contributed by atoms with E-state index in [9.17, 15) is 5.11 Å². The van der Waals surface area contributed by atoms with Gasteiger partial charge < -0.3 is 14.9 Å². The summed E-state index contributed by atoms with van der Waals surface area (Å²) in [5, 5.41) is 9.52. The molecule has 2 rings (SSSR count). The highest BCUT2D eigenvalue weighted by atomic mass is 16.3. The fraction of sp³-hybridized carbons (Fsp3) is 0.600. The van der Waals surface area contributed by atoms with Crippen LogP contribution in [0.25, 0.3) is 0 Å². The van der Waals surface area contributed by atoms with Crippen molar-refractivity contribution in [3.63, 3.8) is 0 Å². The molecule has 1 fully saturated rings. The Bertz CT molecular complexity index is 373. The van der Waals surface area contributed by atoms with E-state index in [0.717, 1.165) is 18.7 Å². The Balaban J connectivity index is 2.06. The molecule has 0 aromatic heterocycles. The van der Waals surface area contributed by atoms with E-state index in [0.29, 0.717) is 6.04 Å². The molecule has 0 spiro atoms. The summed E-state index contributed by atoms with van der Waals surface area (Å²) in [6.07, 6.45) is 2.16. The number of rotatable bonds is 3. The molecule has 0 saturated carbocycles. The molecule has 1 aromatic rings. The summed E-state index contributed by atoms with van der Waals surface area (Å²) in [7, 11) is 4.31.